The fraction of sp³-hybridized carbons (Fsp3) is 0.923. The number of nitrogens with zero attached hydrogens (tertiary/aromatic N) is 1. The van der Waals surface area contributed by atoms with Crippen LogP contribution in [0.2, 0.25) is 0 Å². The summed E-state index contributed by atoms with van der Waals surface area (Å²) in [6, 6.07) is 0.549. The van der Waals surface area contributed by atoms with Gasteiger partial charge in [-0.25, -0.2) is 0 Å². The van der Waals surface area contributed by atoms with Crippen molar-refractivity contribution in [3.05, 3.63) is 0 Å². The molecule has 0 aromatic carbocycles. The third-order valence-electron chi connectivity index (χ3n) is 3.65. The number of hydrogen-bond donors (Lipinski definition) is 2. The molecule has 2 fully saturated rings. The van der Waals surface area contributed by atoms with Gasteiger partial charge in [0.2, 0.25) is 0 Å². The van der Waals surface area contributed by atoms with Crippen molar-refractivity contribution >= 4 is 17.3 Å². The first-order valence-electron chi connectivity index (χ1n) is 7.27. The number of thiocarbonyl (C=S) groups is 1. The van der Waals surface area contributed by atoms with Gasteiger partial charge in [-0.3, -0.25) is 4.90 Å². The Labute approximate surface area is 121 Å². The van der Waals surface area contributed by atoms with E-state index in [0.717, 1.165) is 26.3 Å². The Morgan fingerprint density at radius 1 is 1.21 bits per heavy atom. The summed E-state index contributed by atoms with van der Waals surface area (Å²) < 4.78 is 10.8. The van der Waals surface area contributed by atoms with Crippen molar-refractivity contribution in [2.75, 3.05) is 39.8 Å². The first-order valence-corrected chi connectivity index (χ1v) is 7.67. The number of nitrogens with one attached hydrogen (secondary N) is 2. The van der Waals surface area contributed by atoms with E-state index >= 15 is 0 Å². The van der Waals surface area contributed by atoms with Gasteiger partial charge >= 0.3 is 0 Å². The van der Waals surface area contributed by atoms with E-state index in [0.29, 0.717) is 24.6 Å². The minimum atomic E-state index is 0.468. The topological polar surface area (TPSA) is 45.8 Å². The van der Waals surface area contributed by atoms with Crippen LogP contribution in [0.4, 0.5) is 0 Å². The SMILES string of the molecule is S=C(NCOCN1CCOCC1)NC1CCCCC1. The molecule has 0 aromatic heterocycles. The van der Waals surface area contributed by atoms with E-state index in [-0.39, 0.29) is 0 Å². The average Bonchev–Trinajstić information content (AvgIpc) is 2.46. The molecule has 6 heteroatoms. The van der Waals surface area contributed by atoms with Crippen LogP contribution in [0.25, 0.3) is 0 Å². The summed E-state index contributed by atoms with van der Waals surface area (Å²) in [4.78, 5) is 2.24. The third kappa shape index (κ3) is 6.03. The smallest absolute Gasteiger partial charge is 0.168 e. The van der Waals surface area contributed by atoms with Crippen molar-refractivity contribution in [2.45, 2.75) is 38.1 Å². The molecule has 19 heavy (non-hydrogen) atoms. The second-order valence-electron chi connectivity index (χ2n) is 5.19. The minimum absolute atomic E-state index is 0.468. The van der Waals surface area contributed by atoms with Crippen molar-refractivity contribution in [1.29, 1.82) is 0 Å². The van der Waals surface area contributed by atoms with Gasteiger partial charge in [0.05, 0.1) is 13.2 Å². The zero-order valence-electron chi connectivity index (χ0n) is 11.5. The lowest BCUT2D eigenvalue weighted by atomic mass is 9.96. The summed E-state index contributed by atoms with van der Waals surface area (Å²) in [6.45, 7) is 4.62. The predicted molar refractivity (Wildman–Crippen MR) is 79.0 cm³/mol. The third-order valence-corrected chi connectivity index (χ3v) is 3.91. The van der Waals surface area contributed by atoms with Crippen LogP contribution < -0.4 is 10.6 Å². The van der Waals surface area contributed by atoms with Crippen LogP contribution in [0.1, 0.15) is 32.1 Å². The Balaban J connectivity index is 1.48. The molecule has 0 amide bonds. The highest BCUT2D eigenvalue weighted by atomic mass is 32.1. The van der Waals surface area contributed by atoms with Gasteiger partial charge in [-0.15, -0.1) is 0 Å². The second kappa shape index (κ2) is 8.68. The predicted octanol–water partition coefficient (Wildman–Crippen LogP) is 1.05. The lowest BCUT2D eigenvalue weighted by Gasteiger charge is -2.27. The number of rotatable bonds is 5. The Morgan fingerprint density at radius 2 is 1.95 bits per heavy atom. The molecule has 0 radical (unpaired) electrons. The fourth-order valence-corrected chi connectivity index (χ4v) is 2.73. The van der Waals surface area contributed by atoms with Crippen molar-refractivity contribution in [2.24, 2.45) is 0 Å². The Hall–Kier alpha value is -0.430. The van der Waals surface area contributed by atoms with Crippen LogP contribution in [0.3, 0.4) is 0 Å². The van der Waals surface area contributed by atoms with E-state index in [1.54, 1.807) is 0 Å². The molecule has 1 saturated heterocycles. The number of ether oxygens (including phenoxy) is 2. The lowest BCUT2D eigenvalue weighted by Crippen LogP contribution is -2.44. The summed E-state index contributed by atoms with van der Waals surface area (Å²) in [5.41, 5.74) is 0. The first kappa shape index (κ1) is 15.0. The molecule has 2 rings (SSSR count). The monoisotopic (exact) mass is 287 g/mol. The van der Waals surface area contributed by atoms with Gasteiger partial charge in [-0.2, -0.15) is 0 Å². The summed E-state index contributed by atoms with van der Waals surface area (Å²) in [5, 5.41) is 7.19. The van der Waals surface area contributed by atoms with Gasteiger partial charge in [0.1, 0.15) is 13.5 Å². The average molecular weight is 287 g/mol. The Bertz CT molecular complexity index is 267. The maximum Gasteiger partial charge on any atom is 0.168 e. The highest BCUT2D eigenvalue weighted by molar-refractivity contribution is 7.80. The molecule has 0 aromatic rings. The highest BCUT2D eigenvalue weighted by Crippen LogP contribution is 2.17. The van der Waals surface area contributed by atoms with Crippen LogP contribution >= 0.6 is 12.2 Å². The van der Waals surface area contributed by atoms with Crippen molar-refractivity contribution in [3.8, 4) is 0 Å². The molecule has 0 spiro atoms. The molecule has 0 unspecified atom stereocenters. The number of morpholine rings is 1. The van der Waals surface area contributed by atoms with E-state index in [1.807, 2.05) is 0 Å². The molecule has 1 heterocycles. The van der Waals surface area contributed by atoms with Gasteiger partial charge in [0.25, 0.3) is 0 Å². The first-order chi connectivity index (χ1) is 9.34. The van der Waals surface area contributed by atoms with E-state index < -0.39 is 0 Å². The van der Waals surface area contributed by atoms with Crippen molar-refractivity contribution in [3.63, 3.8) is 0 Å². The summed E-state index contributed by atoms with van der Waals surface area (Å²) in [5.74, 6) is 0. The zero-order valence-corrected chi connectivity index (χ0v) is 12.3. The molecule has 1 aliphatic heterocycles. The fourth-order valence-electron chi connectivity index (χ4n) is 2.50. The van der Waals surface area contributed by atoms with Gasteiger partial charge in [-0.05, 0) is 25.1 Å². The van der Waals surface area contributed by atoms with Crippen LogP contribution in [0, 0.1) is 0 Å². The van der Waals surface area contributed by atoms with Crippen LogP contribution in [-0.4, -0.2) is 55.8 Å². The van der Waals surface area contributed by atoms with E-state index in [9.17, 15) is 0 Å². The van der Waals surface area contributed by atoms with E-state index in [4.69, 9.17) is 21.7 Å². The molecule has 2 aliphatic rings. The normalized spacial score (nSPS) is 22.1. The van der Waals surface area contributed by atoms with E-state index in [1.165, 1.54) is 32.1 Å². The van der Waals surface area contributed by atoms with Gasteiger partial charge in [0.15, 0.2) is 5.11 Å². The lowest BCUT2D eigenvalue weighted by molar-refractivity contribution is -0.0340. The molecule has 5 nitrogen and oxygen atoms in total. The molecular weight excluding hydrogens is 262 g/mol. The molecule has 0 atom stereocenters. The van der Waals surface area contributed by atoms with Crippen LogP contribution in [0.15, 0.2) is 0 Å². The maximum atomic E-state index is 5.56. The van der Waals surface area contributed by atoms with Gasteiger partial charge in [-0.1, -0.05) is 19.3 Å². The summed E-state index contributed by atoms with van der Waals surface area (Å²) >= 11 is 5.27. The maximum absolute atomic E-state index is 5.56. The molecule has 2 N–H and O–H groups in total. The molecule has 110 valence electrons. The van der Waals surface area contributed by atoms with Gasteiger partial charge < -0.3 is 20.1 Å². The number of hydrogen-bond acceptors (Lipinski definition) is 4. The van der Waals surface area contributed by atoms with Crippen LogP contribution in [-0.2, 0) is 9.47 Å². The molecule has 1 saturated carbocycles. The van der Waals surface area contributed by atoms with Crippen molar-refractivity contribution in [1.82, 2.24) is 15.5 Å². The van der Waals surface area contributed by atoms with Gasteiger partial charge in [0, 0.05) is 19.1 Å². The molecule has 0 bridgehead atoms. The Kier molecular flexibility index (Phi) is 6.84. The van der Waals surface area contributed by atoms with Crippen LogP contribution in [0.5, 0.6) is 0 Å². The standard InChI is InChI=1S/C13H25N3O2S/c19-13(15-12-4-2-1-3-5-12)14-10-18-11-16-6-8-17-9-7-16/h12H,1-11H2,(H2,14,15,19). The van der Waals surface area contributed by atoms with Crippen molar-refractivity contribution < 1.29 is 9.47 Å². The quantitative estimate of drug-likeness (QED) is 0.448. The minimum Gasteiger partial charge on any atom is -0.379 e. The summed E-state index contributed by atoms with van der Waals surface area (Å²) in [6.07, 6.45) is 6.45. The second-order valence-corrected chi connectivity index (χ2v) is 5.60. The molecule has 1 aliphatic carbocycles. The zero-order chi connectivity index (χ0) is 13.3. The summed E-state index contributed by atoms with van der Waals surface area (Å²) in [7, 11) is 0. The molecular formula is C13H25N3O2S. The highest BCUT2D eigenvalue weighted by Gasteiger charge is 2.14. The van der Waals surface area contributed by atoms with E-state index in [2.05, 4.69) is 15.5 Å². The largest absolute Gasteiger partial charge is 0.379 e. The Morgan fingerprint density at radius 3 is 2.68 bits per heavy atom.